The van der Waals surface area contributed by atoms with E-state index in [-0.39, 0.29) is 24.4 Å². The summed E-state index contributed by atoms with van der Waals surface area (Å²) < 4.78 is 0. The van der Waals surface area contributed by atoms with Crippen LogP contribution >= 0.6 is 12.4 Å². The summed E-state index contributed by atoms with van der Waals surface area (Å²) in [5, 5.41) is 8.83. The molecule has 0 spiro atoms. The van der Waals surface area contributed by atoms with Crippen LogP contribution in [0.15, 0.2) is 42.5 Å². The molecule has 0 saturated carbocycles. The quantitative estimate of drug-likeness (QED) is 0.895. The zero-order chi connectivity index (χ0) is 13.9. The molecule has 2 atom stereocenters. The number of nitrogens with one attached hydrogen (secondary N) is 2. The molecule has 4 heteroatoms. The summed E-state index contributed by atoms with van der Waals surface area (Å²) in [4.78, 5) is 12.3. The lowest BCUT2D eigenvalue weighted by Gasteiger charge is -2.28. The molecule has 2 N–H and O–H groups in total. The fourth-order valence-corrected chi connectivity index (χ4v) is 2.86. The molecule has 0 aliphatic carbocycles. The number of carbonyl (C=O) groups excluding carboxylic acids is 1. The number of carbonyl (C=O) groups is 1. The molecular formula is C17H21ClN2O. The molecule has 2 unspecified atom stereocenters. The fraction of sp³-hybridized carbons (Fsp3) is 0.353. The lowest BCUT2D eigenvalue weighted by Crippen LogP contribution is -2.46. The molecule has 1 saturated heterocycles. The van der Waals surface area contributed by atoms with Gasteiger partial charge >= 0.3 is 0 Å². The van der Waals surface area contributed by atoms with Gasteiger partial charge in [-0.3, -0.25) is 4.79 Å². The maximum atomic E-state index is 12.3. The van der Waals surface area contributed by atoms with Crippen molar-refractivity contribution in [3.05, 3.63) is 48.0 Å². The normalized spacial score (nSPS) is 21.6. The first-order valence-corrected chi connectivity index (χ1v) is 7.25. The first-order chi connectivity index (χ1) is 9.72. The molecule has 2 aromatic rings. The van der Waals surface area contributed by atoms with Crippen molar-refractivity contribution in [1.82, 2.24) is 10.6 Å². The largest absolute Gasteiger partial charge is 0.349 e. The van der Waals surface area contributed by atoms with E-state index in [4.69, 9.17) is 0 Å². The Hall–Kier alpha value is -1.58. The third-order valence-electron chi connectivity index (χ3n) is 3.97. The molecule has 0 bridgehead atoms. The highest BCUT2D eigenvalue weighted by atomic mass is 35.5. The third kappa shape index (κ3) is 3.74. The number of benzene rings is 2. The summed E-state index contributed by atoms with van der Waals surface area (Å²) in [7, 11) is 0. The second-order valence-corrected chi connectivity index (χ2v) is 5.61. The van der Waals surface area contributed by atoms with Gasteiger partial charge in [-0.15, -0.1) is 12.4 Å². The van der Waals surface area contributed by atoms with Crippen molar-refractivity contribution >= 4 is 29.1 Å². The standard InChI is InChI=1S/C17H20N2O.ClH/c1-12-10-16(8-9-18-12)19-17(20)15-7-6-13-4-2-3-5-14(13)11-15;/h2-7,11-12,16,18H,8-10H2,1H3,(H,19,20);1H. The minimum Gasteiger partial charge on any atom is -0.349 e. The fourth-order valence-electron chi connectivity index (χ4n) is 2.86. The Morgan fingerprint density at radius 3 is 2.71 bits per heavy atom. The SMILES string of the molecule is CC1CC(NC(=O)c2ccc3ccccc3c2)CCN1.Cl. The predicted molar refractivity (Wildman–Crippen MR) is 89.1 cm³/mol. The molecular weight excluding hydrogens is 284 g/mol. The van der Waals surface area contributed by atoms with Crippen LogP contribution in [-0.4, -0.2) is 24.5 Å². The summed E-state index contributed by atoms with van der Waals surface area (Å²) in [6, 6.07) is 14.8. The van der Waals surface area contributed by atoms with E-state index in [9.17, 15) is 4.79 Å². The van der Waals surface area contributed by atoms with Crippen molar-refractivity contribution in [1.29, 1.82) is 0 Å². The summed E-state index contributed by atoms with van der Waals surface area (Å²) in [6.45, 7) is 3.14. The molecule has 21 heavy (non-hydrogen) atoms. The number of piperidine rings is 1. The minimum atomic E-state index is 0. The second-order valence-electron chi connectivity index (χ2n) is 5.61. The zero-order valence-corrected chi connectivity index (χ0v) is 13.0. The Morgan fingerprint density at radius 2 is 1.95 bits per heavy atom. The van der Waals surface area contributed by atoms with Gasteiger partial charge in [0.05, 0.1) is 0 Å². The van der Waals surface area contributed by atoms with E-state index in [1.54, 1.807) is 0 Å². The Kier molecular flexibility index (Phi) is 5.21. The highest BCUT2D eigenvalue weighted by molar-refractivity contribution is 5.98. The third-order valence-corrected chi connectivity index (χ3v) is 3.97. The first kappa shape index (κ1) is 15.8. The van der Waals surface area contributed by atoms with Crippen LogP contribution < -0.4 is 10.6 Å². The molecule has 1 aliphatic rings. The van der Waals surface area contributed by atoms with Gasteiger partial charge in [-0.05, 0) is 49.2 Å². The van der Waals surface area contributed by atoms with Crippen LogP contribution in [0.2, 0.25) is 0 Å². The van der Waals surface area contributed by atoms with Crippen LogP contribution in [-0.2, 0) is 0 Å². The van der Waals surface area contributed by atoms with E-state index >= 15 is 0 Å². The van der Waals surface area contributed by atoms with Crippen molar-refractivity contribution in [3.8, 4) is 0 Å². The number of halogens is 1. The van der Waals surface area contributed by atoms with Gasteiger partial charge in [0.2, 0.25) is 0 Å². The van der Waals surface area contributed by atoms with E-state index < -0.39 is 0 Å². The summed E-state index contributed by atoms with van der Waals surface area (Å²) >= 11 is 0. The van der Waals surface area contributed by atoms with Gasteiger partial charge in [0.1, 0.15) is 0 Å². The van der Waals surface area contributed by atoms with Gasteiger partial charge < -0.3 is 10.6 Å². The zero-order valence-electron chi connectivity index (χ0n) is 12.1. The molecule has 1 amide bonds. The van der Waals surface area contributed by atoms with E-state index in [0.717, 1.165) is 30.3 Å². The minimum absolute atomic E-state index is 0. The smallest absolute Gasteiger partial charge is 0.251 e. The Labute approximate surface area is 131 Å². The van der Waals surface area contributed by atoms with Crippen LogP contribution in [0.25, 0.3) is 10.8 Å². The summed E-state index contributed by atoms with van der Waals surface area (Å²) in [5.41, 5.74) is 0.745. The lowest BCUT2D eigenvalue weighted by molar-refractivity contribution is 0.0926. The highest BCUT2D eigenvalue weighted by Gasteiger charge is 2.20. The number of fused-ring (bicyclic) bond motifs is 1. The molecule has 112 valence electrons. The molecule has 1 heterocycles. The molecule has 1 fully saturated rings. The van der Waals surface area contributed by atoms with Gasteiger partial charge in [-0.1, -0.05) is 30.3 Å². The van der Waals surface area contributed by atoms with Crippen molar-refractivity contribution in [2.75, 3.05) is 6.54 Å². The summed E-state index contributed by atoms with van der Waals surface area (Å²) in [6.07, 6.45) is 2.00. The second kappa shape index (κ2) is 6.92. The van der Waals surface area contributed by atoms with Crippen LogP contribution in [0.4, 0.5) is 0 Å². The highest BCUT2D eigenvalue weighted by Crippen LogP contribution is 2.16. The Balaban J connectivity index is 0.00000161. The van der Waals surface area contributed by atoms with Crippen LogP contribution in [0.1, 0.15) is 30.1 Å². The Morgan fingerprint density at radius 1 is 1.19 bits per heavy atom. The van der Waals surface area contributed by atoms with Gasteiger partial charge in [0.25, 0.3) is 5.91 Å². The lowest BCUT2D eigenvalue weighted by atomic mass is 10.00. The van der Waals surface area contributed by atoms with Gasteiger partial charge in [-0.2, -0.15) is 0 Å². The van der Waals surface area contributed by atoms with E-state index in [1.165, 1.54) is 5.39 Å². The van der Waals surface area contributed by atoms with Crippen molar-refractivity contribution in [2.45, 2.75) is 31.8 Å². The Bertz CT molecular complexity index is 629. The molecule has 0 radical (unpaired) electrons. The number of rotatable bonds is 2. The maximum Gasteiger partial charge on any atom is 0.251 e. The van der Waals surface area contributed by atoms with Gasteiger partial charge in [-0.25, -0.2) is 0 Å². The van der Waals surface area contributed by atoms with E-state index in [1.807, 2.05) is 36.4 Å². The topological polar surface area (TPSA) is 41.1 Å². The van der Waals surface area contributed by atoms with E-state index in [2.05, 4.69) is 23.6 Å². The molecule has 3 nitrogen and oxygen atoms in total. The molecule has 0 aromatic heterocycles. The van der Waals surface area contributed by atoms with Crippen molar-refractivity contribution in [2.24, 2.45) is 0 Å². The number of amides is 1. The molecule has 2 aromatic carbocycles. The average molecular weight is 305 g/mol. The number of hydrogen-bond donors (Lipinski definition) is 2. The summed E-state index contributed by atoms with van der Waals surface area (Å²) in [5.74, 6) is 0.0369. The van der Waals surface area contributed by atoms with Crippen LogP contribution in [0, 0.1) is 0 Å². The molecule has 3 rings (SSSR count). The van der Waals surface area contributed by atoms with E-state index in [0.29, 0.717) is 6.04 Å². The van der Waals surface area contributed by atoms with Crippen molar-refractivity contribution in [3.63, 3.8) is 0 Å². The average Bonchev–Trinajstić information content (AvgIpc) is 2.47. The van der Waals surface area contributed by atoms with Gasteiger partial charge in [0, 0.05) is 17.6 Å². The van der Waals surface area contributed by atoms with Gasteiger partial charge in [0.15, 0.2) is 0 Å². The molecule has 1 aliphatic heterocycles. The predicted octanol–water partition coefficient (Wildman–Crippen LogP) is 3.13. The number of hydrogen-bond acceptors (Lipinski definition) is 2. The maximum absolute atomic E-state index is 12.3. The first-order valence-electron chi connectivity index (χ1n) is 7.25. The van der Waals surface area contributed by atoms with Crippen molar-refractivity contribution < 1.29 is 4.79 Å². The van der Waals surface area contributed by atoms with Crippen LogP contribution in [0.5, 0.6) is 0 Å². The monoisotopic (exact) mass is 304 g/mol. The van der Waals surface area contributed by atoms with Crippen LogP contribution in [0.3, 0.4) is 0 Å².